The van der Waals surface area contributed by atoms with Gasteiger partial charge < -0.3 is 15.2 Å². The summed E-state index contributed by atoms with van der Waals surface area (Å²) in [6, 6.07) is 0.784. The fourth-order valence-corrected chi connectivity index (χ4v) is 4.14. The summed E-state index contributed by atoms with van der Waals surface area (Å²) < 4.78 is 4.58. The molecule has 2 saturated heterocycles. The number of piperidine rings is 1. The summed E-state index contributed by atoms with van der Waals surface area (Å²) in [6.45, 7) is 9.26. The van der Waals surface area contributed by atoms with Crippen molar-refractivity contribution in [1.29, 1.82) is 0 Å². The summed E-state index contributed by atoms with van der Waals surface area (Å²) in [5, 5.41) is 13.5. The summed E-state index contributed by atoms with van der Waals surface area (Å²) in [7, 11) is 1.34. The number of carbonyl (C=O) groups is 1. The SMILES string of the molecule is COC(=O)NC[C@@]1(O)CC2C[C@@H](C)C(C1)N2C(C)(C)C. The predicted molar refractivity (Wildman–Crippen MR) is 77.5 cm³/mol. The second kappa shape index (κ2) is 5.19. The quantitative estimate of drug-likeness (QED) is 0.811. The molecular formula is C15H28N2O3. The minimum Gasteiger partial charge on any atom is -0.453 e. The van der Waals surface area contributed by atoms with Crippen molar-refractivity contribution >= 4 is 6.09 Å². The minimum absolute atomic E-state index is 0.122. The lowest BCUT2D eigenvalue weighted by Crippen LogP contribution is -2.60. The first-order chi connectivity index (χ1) is 9.16. The molecular weight excluding hydrogens is 256 g/mol. The standard InChI is InChI=1S/C15H28N2O3/c1-10-6-11-7-15(19,9-16-13(18)20-5)8-12(10)17(11)14(2,3)4/h10-12,19H,6-9H2,1-5H3,(H,16,18)/t10-,11?,12?,15-/m1/s1. The van der Waals surface area contributed by atoms with Crippen molar-refractivity contribution in [2.45, 2.75) is 70.2 Å². The van der Waals surface area contributed by atoms with Crippen LogP contribution in [0.1, 0.15) is 47.0 Å². The minimum atomic E-state index is -0.809. The van der Waals surface area contributed by atoms with Crippen LogP contribution >= 0.6 is 0 Å². The number of hydrogen-bond acceptors (Lipinski definition) is 4. The lowest BCUT2D eigenvalue weighted by Gasteiger charge is -2.50. The molecule has 0 aromatic heterocycles. The predicted octanol–water partition coefficient (Wildman–Crippen LogP) is 1.74. The third-order valence-corrected chi connectivity index (χ3v) is 4.78. The highest BCUT2D eigenvalue weighted by Gasteiger charge is 2.53. The van der Waals surface area contributed by atoms with Gasteiger partial charge >= 0.3 is 6.09 Å². The molecule has 2 bridgehead atoms. The smallest absolute Gasteiger partial charge is 0.406 e. The maximum Gasteiger partial charge on any atom is 0.406 e. The molecule has 2 aliphatic heterocycles. The van der Waals surface area contributed by atoms with E-state index in [2.05, 4.69) is 42.6 Å². The number of rotatable bonds is 2. The van der Waals surface area contributed by atoms with E-state index < -0.39 is 11.7 Å². The Morgan fingerprint density at radius 2 is 2.10 bits per heavy atom. The van der Waals surface area contributed by atoms with Gasteiger partial charge in [0.15, 0.2) is 0 Å². The van der Waals surface area contributed by atoms with Crippen molar-refractivity contribution in [3.63, 3.8) is 0 Å². The molecule has 0 aromatic carbocycles. The Morgan fingerprint density at radius 1 is 1.45 bits per heavy atom. The summed E-state index contributed by atoms with van der Waals surface area (Å²) in [4.78, 5) is 13.8. The summed E-state index contributed by atoms with van der Waals surface area (Å²) >= 11 is 0. The van der Waals surface area contributed by atoms with Crippen molar-refractivity contribution in [2.75, 3.05) is 13.7 Å². The Morgan fingerprint density at radius 3 is 2.60 bits per heavy atom. The highest BCUT2D eigenvalue weighted by molar-refractivity contribution is 5.66. The van der Waals surface area contributed by atoms with Gasteiger partial charge in [0.25, 0.3) is 0 Å². The number of alkyl carbamates (subject to hydrolysis) is 1. The van der Waals surface area contributed by atoms with Crippen LogP contribution in [0.2, 0.25) is 0 Å². The molecule has 5 nitrogen and oxygen atoms in total. The van der Waals surface area contributed by atoms with Crippen LogP contribution in [0.15, 0.2) is 0 Å². The number of aliphatic hydroxyl groups is 1. The van der Waals surface area contributed by atoms with E-state index in [0.29, 0.717) is 24.4 Å². The van der Waals surface area contributed by atoms with Gasteiger partial charge in [0.05, 0.1) is 12.7 Å². The molecule has 0 spiro atoms. The normalized spacial score (nSPS) is 37.8. The summed E-state index contributed by atoms with van der Waals surface area (Å²) in [5.41, 5.74) is -0.687. The molecule has 2 aliphatic rings. The van der Waals surface area contributed by atoms with Crippen molar-refractivity contribution in [3.05, 3.63) is 0 Å². The average molecular weight is 284 g/mol. The van der Waals surface area contributed by atoms with E-state index in [1.54, 1.807) is 0 Å². The Bertz CT molecular complexity index is 380. The van der Waals surface area contributed by atoms with Gasteiger partial charge in [-0.3, -0.25) is 4.90 Å². The van der Waals surface area contributed by atoms with E-state index in [0.717, 1.165) is 12.8 Å². The van der Waals surface area contributed by atoms with E-state index >= 15 is 0 Å². The fraction of sp³-hybridized carbons (Fsp3) is 0.933. The molecule has 20 heavy (non-hydrogen) atoms. The second-order valence-electron chi connectivity index (χ2n) is 7.49. The highest BCUT2D eigenvalue weighted by Crippen LogP contribution is 2.46. The van der Waals surface area contributed by atoms with Crippen molar-refractivity contribution in [3.8, 4) is 0 Å². The first-order valence-electron chi connectivity index (χ1n) is 7.49. The zero-order valence-electron chi connectivity index (χ0n) is 13.3. The Balaban J connectivity index is 2.08. The number of nitrogens with one attached hydrogen (secondary N) is 1. The number of carbonyl (C=O) groups excluding carboxylic acids is 1. The molecule has 2 unspecified atom stereocenters. The summed E-state index contributed by atoms with van der Waals surface area (Å²) in [5.74, 6) is 0.589. The van der Waals surface area contributed by atoms with Crippen LogP contribution in [0, 0.1) is 5.92 Å². The van der Waals surface area contributed by atoms with Crippen LogP contribution < -0.4 is 5.32 Å². The molecule has 116 valence electrons. The topological polar surface area (TPSA) is 61.8 Å². The second-order valence-corrected chi connectivity index (χ2v) is 7.49. The van der Waals surface area contributed by atoms with E-state index in [9.17, 15) is 9.90 Å². The molecule has 0 aromatic rings. The van der Waals surface area contributed by atoms with Crippen LogP contribution in [0.4, 0.5) is 4.79 Å². The van der Waals surface area contributed by atoms with Crippen LogP contribution in [0.5, 0.6) is 0 Å². The van der Waals surface area contributed by atoms with Gasteiger partial charge in [0, 0.05) is 24.2 Å². The van der Waals surface area contributed by atoms with Crippen LogP contribution in [-0.4, -0.2) is 53.0 Å². The van der Waals surface area contributed by atoms with Gasteiger partial charge in [0.2, 0.25) is 0 Å². The Kier molecular flexibility index (Phi) is 4.04. The molecule has 5 heteroatoms. The van der Waals surface area contributed by atoms with Gasteiger partial charge in [-0.2, -0.15) is 0 Å². The zero-order chi connectivity index (χ0) is 15.1. The first-order valence-corrected chi connectivity index (χ1v) is 7.49. The number of fused-ring (bicyclic) bond motifs is 2. The van der Waals surface area contributed by atoms with Crippen LogP contribution in [-0.2, 0) is 4.74 Å². The van der Waals surface area contributed by atoms with Crippen molar-refractivity contribution in [2.24, 2.45) is 5.92 Å². The van der Waals surface area contributed by atoms with E-state index in [1.165, 1.54) is 7.11 Å². The number of amides is 1. The third kappa shape index (κ3) is 2.93. The van der Waals surface area contributed by atoms with Gasteiger partial charge in [-0.05, 0) is 46.0 Å². The van der Waals surface area contributed by atoms with Crippen molar-refractivity contribution in [1.82, 2.24) is 10.2 Å². The zero-order valence-corrected chi connectivity index (χ0v) is 13.3. The van der Waals surface area contributed by atoms with Gasteiger partial charge in [-0.15, -0.1) is 0 Å². The van der Waals surface area contributed by atoms with Gasteiger partial charge in [0.1, 0.15) is 0 Å². The van der Waals surface area contributed by atoms with Crippen LogP contribution in [0.3, 0.4) is 0 Å². The van der Waals surface area contributed by atoms with Gasteiger partial charge in [-0.1, -0.05) is 6.92 Å². The third-order valence-electron chi connectivity index (χ3n) is 4.78. The molecule has 0 saturated carbocycles. The Labute approximate surface area is 121 Å². The lowest BCUT2D eigenvalue weighted by atomic mass is 9.82. The van der Waals surface area contributed by atoms with Gasteiger partial charge in [-0.25, -0.2) is 4.79 Å². The molecule has 0 radical (unpaired) electrons. The maximum atomic E-state index is 11.2. The lowest BCUT2D eigenvalue weighted by molar-refractivity contribution is -0.0793. The van der Waals surface area contributed by atoms with E-state index in [4.69, 9.17) is 0 Å². The largest absolute Gasteiger partial charge is 0.453 e. The molecule has 0 aliphatic carbocycles. The maximum absolute atomic E-state index is 11.2. The molecule has 2 rings (SSSR count). The molecule has 2 fully saturated rings. The highest BCUT2D eigenvalue weighted by atomic mass is 16.5. The fourth-order valence-electron chi connectivity index (χ4n) is 4.14. The first kappa shape index (κ1) is 15.6. The average Bonchev–Trinajstić information content (AvgIpc) is 2.55. The van der Waals surface area contributed by atoms with E-state index in [-0.39, 0.29) is 12.1 Å². The molecule has 2 N–H and O–H groups in total. The number of hydrogen-bond donors (Lipinski definition) is 2. The number of nitrogens with zero attached hydrogens (tertiary/aromatic N) is 1. The van der Waals surface area contributed by atoms with Crippen molar-refractivity contribution < 1.29 is 14.6 Å². The number of methoxy groups -OCH3 is 1. The molecule has 2 heterocycles. The molecule has 4 atom stereocenters. The monoisotopic (exact) mass is 284 g/mol. The van der Waals surface area contributed by atoms with Crippen LogP contribution in [0.25, 0.3) is 0 Å². The number of ether oxygens (including phenoxy) is 1. The summed E-state index contributed by atoms with van der Waals surface area (Å²) in [6.07, 6.45) is 2.08. The molecule has 1 amide bonds. The van der Waals surface area contributed by atoms with E-state index in [1.807, 2.05) is 0 Å². The Hall–Kier alpha value is -0.810.